The maximum atomic E-state index is 12.1. The molecule has 21 heavy (non-hydrogen) atoms. The Balaban J connectivity index is -0.000000270. The van der Waals surface area contributed by atoms with Crippen LogP contribution in [0.4, 0.5) is 26.3 Å². The van der Waals surface area contributed by atoms with Crippen LogP contribution in [0.1, 0.15) is 13.8 Å². The molecule has 0 bridgehead atoms. The fraction of sp³-hybridized carbons (Fsp3) is 0.333. The number of rotatable bonds is 0. The normalized spacial score (nSPS) is 23.2. The van der Waals surface area contributed by atoms with Crippen molar-refractivity contribution in [3.63, 3.8) is 0 Å². The Hall–Kier alpha value is -0.00987. The van der Waals surface area contributed by atoms with E-state index in [1.165, 1.54) is 13.8 Å². The van der Waals surface area contributed by atoms with E-state index in [-0.39, 0.29) is 61.8 Å². The summed E-state index contributed by atoms with van der Waals surface area (Å²) in [7, 11) is 0. The van der Waals surface area contributed by atoms with Crippen LogP contribution in [0.5, 0.6) is 0 Å². The molecule has 0 fully saturated rings. The quantitative estimate of drug-likeness (QED) is 0.209. The number of allylic oxidation sites excluding steroid dienone is 8. The molecule has 0 aromatic carbocycles. The molecule has 0 aliphatic heterocycles. The summed E-state index contributed by atoms with van der Waals surface area (Å²) in [6, 6.07) is 0. The summed E-state index contributed by atoms with van der Waals surface area (Å²) in [4.78, 5) is 0. The van der Waals surface area contributed by atoms with Crippen molar-refractivity contribution < 1.29 is 77.0 Å². The van der Waals surface area contributed by atoms with E-state index in [0.717, 1.165) is 0 Å². The molecule has 0 aromatic rings. The maximum Gasteiger partial charge on any atom is 4.00 e. The Labute approximate surface area is 149 Å². The smallest absolute Gasteiger partial charge is 1.00 e. The van der Waals surface area contributed by atoms with Gasteiger partial charge in [0.1, 0.15) is 0 Å². The minimum atomic E-state index is -1.98. The molecule has 0 N–H and O–H groups in total. The van der Waals surface area contributed by atoms with E-state index in [2.05, 4.69) is 0 Å². The molecule has 2 rings (SSSR count). The first kappa shape index (κ1) is 25.9. The molecule has 116 valence electrons. The van der Waals surface area contributed by atoms with Gasteiger partial charge in [0.15, 0.2) is 0 Å². The molecule has 0 radical (unpaired) electrons. The van der Waals surface area contributed by atoms with Gasteiger partial charge in [0, 0.05) is 11.7 Å². The van der Waals surface area contributed by atoms with Crippen molar-refractivity contribution in [2.24, 2.45) is 0 Å². The molecule has 0 saturated carbocycles. The minimum absolute atomic E-state index is 0. The molecule has 0 aromatic heterocycles. The van der Waals surface area contributed by atoms with Crippen LogP contribution in [0.3, 0.4) is 0 Å². The van der Waals surface area contributed by atoms with Gasteiger partial charge in [-0.25, -0.2) is 20.9 Å². The molecule has 9 heteroatoms. The summed E-state index contributed by atoms with van der Waals surface area (Å²) in [6.07, 6.45) is -0.0787. The fourth-order valence-corrected chi connectivity index (χ4v) is 1.21. The van der Waals surface area contributed by atoms with Gasteiger partial charge in [-0.15, -0.1) is 0 Å². The zero-order valence-corrected chi connectivity index (χ0v) is 15.8. The summed E-state index contributed by atoms with van der Waals surface area (Å²) in [5.74, 6) is -4.93. The average molecular weight is 516 g/mol. The van der Waals surface area contributed by atoms with Crippen LogP contribution >= 0.6 is 0 Å². The molecular formula is C12H8Cl2F6Hf. The summed E-state index contributed by atoms with van der Waals surface area (Å²) in [6.45, 7) is 2.54. The van der Waals surface area contributed by atoms with Crippen LogP contribution in [0.2, 0.25) is 0 Å². The Kier molecular flexibility index (Phi) is 13.2. The van der Waals surface area contributed by atoms with E-state index in [9.17, 15) is 26.3 Å². The molecule has 2 aliphatic carbocycles. The number of hydrogen-bond acceptors (Lipinski definition) is 0. The monoisotopic (exact) mass is 516 g/mol. The first-order valence-electron chi connectivity index (χ1n) is 4.85. The molecule has 2 unspecified atom stereocenters. The van der Waals surface area contributed by atoms with Crippen molar-refractivity contribution in [1.29, 1.82) is 0 Å². The van der Waals surface area contributed by atoms with Crippen molar-refractivity contribution in [2.45, 2.75) is 26.2 Å². The third-order valence-corrected chi connectivity index (χ3v) is 2.21. The Morgan fingerprint density at radius 1 is 0.714 bits per heavy atom. The van der Waals surface area contributed by atoms with E-state index in [4.69, 9.17) is 0 Å². The second-order valence-electron chi connectivity index (χ2n) is 3.59. The maximum absolute atomic E-state index is 12.1. The van der Waals surface area contributed by atoms with E-state index in [0.29, 0.717) is 0 Å². The predicted octanol–water partition coefficient (Wildman–Crippen LogP) is -1.52. The zero-order valence-electron chi connectivity index (χ0n) is 10.7. The van der Waals surface area contributed by atoms with Crippen LogP contribution in [0.15, 0.2) is 34.5 Å². The molecule has 2 atom stereocenters. The largest absolute Gasteiger partial charge is 4.00 e. The molecule has 0 saturated heterocycles. The van der Waals surface area contributed by atoms with Crippen molar-refractivity contribution in [3.05, 3.63) is 46.6 Å². The van der Waals surface area contributed by atoms with E-state index >= 15 is 0 Å². The molecule has 2 aliphatic rings. The summed E-state index contributed by atoms with van der Waals surface area (Å²) < 4.78 is 72.3. The van der Waals surface area contributed by atoms with Crippen molar-refractivity contribution >= 4 is 0 Å². The standard InChI is InChI=1S/2C6H4F3.2ClH.Hf/c2*1-3-2-4(7)6(9)5(3)8;;;/h2*4H,1H3;2*1H;/q2*-1;;;+4/p-2. The van der Waals surface area contributed by atoms with Crippen molar-refractivity contribution in [3.8, 4) is 0 Å². The van der Waals surface area contributed by atoms with Crippen LogP contribution in [-0.4, -0.2) is 12.3 Å². The van der Waals surface area contributed by atoms with E-state index < -0.39 is 35.7 Å². The Morgan fingerprint density at radius 2 is 0.952 bits per heavy atom. The van der Waals surface area contributed by atoms with Crippen LogP contribution < -0.4 is 24.8 Å². The second kappa shape index (κ2) is 10.7. The summed E-state index contributed by atoms with van der Waals surface area (Å²) in [5, 5.41) is 0. The zero-order chi connectivity index (χ0) is 14.0. The average Bonchev–Trinajstić information content (AvgIpc) is 2.66. The van der Waals surface area contributed by atoms with Gasteiger partial charge in [-0.3, -0.25) is 8.78 Å². The Morgan fingerprint density at radius 3 is 1.00 bits per heavy atom. The van der Waals surface area contributed by atoms with Gasteiger partial charge in [0.25, 0.3) is 0 Å². The van der Waals surface area contributed by atoms with Gasteiger partial charge >= 0.3 is 25.8 Å². The number of alkyl halides is 2. The molecular weight excluding hydrogens is 508 g/mol. The fourth-order valence-electron chi connectivity index (χ4n) is 1.21. The van der Waals surface area contributed by atoms with Gasteiger partial charge in [-0.05, 0) is 0 Å². The van der Waals surface area contributed by atoms with Gasteiger partial charge < -0.3 is 33.6 Å². The number of halogens is 8. The van der Waals surface area contributed by atoms with Gasteiger partial charge in [-0.2, -0.15) is 11.1 Å². The van der Waals surface area contributed by atoms with E-state index in [1.807, 2.05) is 12.2 Å². The van der Waals surface area contributed by atoms with E-state index in [1.54, 1.807) is 0 Å². The Bertz CT molecular complexity index is 440. The molecule has 0 heterocycles. The molecule has 0 spiro atoms. The summed E-state index contributed by atoms with van der Waals surface area (Å²) >= 11 is 0. The first-order valence-corrected chi connectivity index (χ1v) is 4.85. The molecule has 0 nitrogen and oxygen atoms in total. The van der Waals surface area contributed by atoms with Crippen molar-refractivity contribution in [1.82, 2.24) is 0 Å². The predicted molar refractivity (Wildman–Crippen MR) is 53.1 cm³/mol. The van der Waals surface area contributed by atoms with Gasteiger partial charge in [-0.1, -0.05) is 13.8 Å². The summed E-state index contributed by atoms with van der Waals surface area (Å²) in [5.41, 5.74) is -0.167. The van der Waals surface area contributed by atoms with Gasteiger partial charge in [0.05, 0.1) is 24.0 Å². The SMILES string of the molecule is CC1=[C-]C(F)C(F)=C1F.CC1=[C-]C(F)C(F)=C1F.[Cl-].[Cl-].[Hf+4]. The number of hydrogen-bond donors (Lipinski definition) is 0. The first-order chi connectivity index (χ1) is 8.25. The van der Waals surface area contributed by atoms with Crippen LogP contribution in [0.25, 0.3) is 0 Å². The third-order valence-electron chi connectivity index (χ3n) is 2.21. The van der Waals surface area contributed by atoms with Crippen LogP contribution in [-0.2, 0) is 25.8 Å². The second-order valence-corrected chi connectivity index (χ2v) is 3.59. The van der Waals surface area contributed by atoms with Crippen molar-refractivity contribution in [2.75, 3.05) is 0 Å². The molecule has 0 amide bonds. The topological polar surface area (TPSA) is 0 Å². The third kappa shape index (κ3) is 6.32. The van der Waals surface area contributed by atoms with Gasteiger partial charge in [0.2, 0.25) is 0 Å². The minimum Gasteiger partial charge on any atom is -1.00 e. The van der Waals surface area contributed by atoms with Crippen LogP contribution in [0, 0.1) is 12.2 Å².